The van der Waals surface area contributed by atoms with E-state index in [1.54, 1.807) is 0 Å². The Labute approximate surface area is 61.0 Å². The molecular weight excluding hydrogens is 138 g/mol. The molecule has 2 rings (SSSR count). The van der Waals surface area contributed by atoms with Gasteiger partial charge in [-0.2, -0.15) is 0 Å². The van der Waals surface area contributed by atoms with E-state index in [0.717, 1.165) is 13.0 Å². The van der Waals surface area contributed by atoms with Gasteiger partial charge in [-0.3, -0.25) is 0 Å². The lowest BCUT2D eigenvalue weighted by atomic mass is 10.1. The third-order valence-corrected chi connectivity index (χ3v) is 2.33. The number of hydrogen-bond acceptors (Lipinski definition) is 2. The van der Waals surface area contributed by atoms with Crippen LogP contribution in [0.4, 0.5) is 0 Å². The van der Waals surface area contributed by atoms with E-state index in [9.17, 15) is 5.11 Å². The van der Waals surface area contributed by atoms with Crippen molar-refractivity contribution in [1.82, 2.24) is 5.32 Å². The second-order valence-corrected chi connectivity index (χ2v) is 2.90. The van der Waals surface area contributed by atoms with Crippen LogP contribution in [0.3, 0.4) is 0 Å². The van der Waals surface area contributed by atoms with Gasteiger partial charge in [0.15, 0.2) is 0 Å². The lowest BCUT2D eigenvalue weighted by Gasteiger charge is -2.15. The van der Waals surface area contributed by atoms with Gasteiger partial charge in [0.1, 0.15) is 0 Å². The molecule has 2 bridgehead atoms. The summed E-state index contributed by atoms with van der Waals surface area (Å²) in [5.41, 5.74) is 0. The summed E-state index contributed by atoms with van der Waals surface area (Å²) in [5, 5.41) is 12.5. The van der Waals surface area contributed by atoms with Gasteiger partial charge in [0, 0.05) is 12.6 Å². The molecule has 1 aliphatic carbocycles. The Kier molecular flexibility index (Phi) is 1.99. The van der Waals surface area contributed by atoms with Gasteiger partial charge in [-0.1, -0.05) is 0 Å². The Morgan fingerprint density at radius 1 is 1.33 bits per heavy atom. The molecule has 0 aromatic heterocycles. The molecule has 1 heterocycles. The average molecular weight is 150 g/mol. The zero-order valence-corrected chi connectivity index (χ0v) is 6.03. The van der Waals surface area contributed by atoms with Gasteiger partial charge in [-0.05, 0) is 18.8 Å². The highest BCUT2D eigenvalue weighted by Crippen LogP contribution is 2.30. The normalized spacial score (nSPS) is 47.0. The molecule has 2 N–H and O–H groups in total. The number of nitrogens with one attached hydrogen (secondary N) is 1. The van der Waals surface area contributed by atoms with Crippen LogP contribution in [0.2, 0.25) is 0 Å². The molecule has 0 aromatic carbocycles. The Morgan fingerprint density at radius 2 is 2.11 bits per heavy atom. The van der Waals surface area contributed by atoms with Crippen molar-refractivity contribution in [3.8, 4) is 0 Å². The van der Waals surface area contributed by atoms with E-state index in [1.807, 2.05) is 0 Å². The van der Waals surface area contributed by atoms with Crippen LogP contribution in [0.1, 0.15) is 12.8 Å². The Hall–Kier alpha value is 0.210. The van der Waals surface area contributed by atoms with Gasteiger partial charge in [-0.25, -0.2) is 0 Å². The van der Waals surface area contributed by atoms with Crippen LogP contribution in [0, 0.1) is 5.92 Å². The Balaban J connectivity index is 0.000000405. The predicted molar refractivity (Wildman–Crippen MR) is 37.8 cm³/mol. The van der Waals surface area contributed by atoms with Crippen molar-refractivity contribution >= 4 is 12.4 Å². The van der Waals surface area contributed by atoms with Gasteiger partial charge >= 0.3 is 0 Å². The fraction of sp³-hybridized carbons (Fsp3) is 1.00. The smallest absolute Gasteiger partial charge is 0.0595 e. The first-order chi connectivity index (χ1) is 3.86. The fourth-order valence-electron chi connectivity index (χ4n) is 1.81. The summed E-state index contributed by atoms with van der Waals surface area (Å²) >= 11 is 0. The number of hydrogen-bond donors (Lipinski definition) is 2. The highest BCUT2D eigenvalue weighted by molar-refractivity contribution is 5.85. The van der Waals surface area contributed by atoms with Gasteiger partial charge in [0.05, 0.1) is 6.10 Å². The molecule has 0 spiro atoms. The number of fused-ring (bicyclic) bond motifs is 2. The summed E-state index contributed by atoms with van der Waals surface area (Å²) in [6.45, 7) is 1.05. The van der Waals surface area contributed by atoms with Crippen LogP contribution >= 0.6 is 12.4 Å². The molecule has 2 fully saturated rings. The minimum absolute atomic E-state index is 0. The number of halogens is 1. The number of aliphatic hydroxyl groups is 1. The molecule has 1 saturated carbocycles. The summed E-state index contributed by atoms with van der Waals surface area (Å²) in [6.07, 6.45) is 2.22. The van der Waals surface area contributed by atoms with Gasteiger partial charge < -0.3 is 10.4 Å². The van der Waals surface area contributed by atoms with Crippen molar-refractivity contribution in [3.05, 3.63) is 0 Å². The monoisotopic (exact) mass is 149 g/mol. The lowest BCUT2D eigenvalue weighted by molar-refractivity contribution is 0.121. The highest BCUT2D eigenvalue weighted by atomic mass is 35.5. The summed E-state index contributed by atoms with van der Waals surface area (Å²) < 4.78 is 0. The van der Waals surface area contributed by atoms with Crippen molar-refractivity contribution in [2.45, 2.75) is 25.0 Å². The van der Waals surface area contributed by atoms with Crippen molar-refractivity contribution in [1.29, 1.82) is 0 Å². The van der Waals surface area contributed by atoms with E-state index < -0.39 is 0 Å². The van der Waals surface area contributed by atoms with Crippen molar-refractivity contribution in [3.63, 3.8) is 0 Å². The maximum atomic E-state index is 9.18. The van der Waals surface area contributed by atoms with Crippen molar-refractivity contribution < 1.29 is 5.11 Å². The number of aliphatic hydroxyl groups excluding tert-OH is 1. The minimum Gasteiger partial charge on any atom is -0.393 e. The Morgan fingerprint density at radius 3 is 2.33 bits per heavy atom. The molecule has 0 amide bonds. The van der Waals surface area contributed by atoms with Crippen LogP contribution in [0.25, 0.3) is 0 Å². The average Bonchev–Trinajstić information content (AvgIpc) is 2.23. The molecule has 1 aliphatic heterocycles. The minimum atomic E-state index is 0. The molecule has 1 saturated heterocycles. The summed E-state index contributed by atoms with van der Waals surface area (Å²) in [5.74, 6) is 0.583. The molecule has 3 heteroatoms. The maximum absolute atomic E-state index is 9.18. The van der Waals surface area contributed by atoms with E-state index in [-0.39, 0.29) is 18.5 Å². The van der Waals surface area contributed by atoms with Crippen molar-refractivity contribution in [2.75, 3.05) is 6.54 Å². The van der Waals surface area contributed by atoms with E-state index >= 15 is 0 Å². The number of piperidine rings is 1. The van der Waals surface area contributed by atoms with Crippen molar-refractivity contribution in [2.24, 2.45) is 5.92 Å². The second kappa shape index (κ2) is 2.45. The predicted octanol–water partition coefficient (Wildman–Crippen LogP) is 0.151. The molecular formula is C6H12ClNO. The molecule has 0 unspecified atom stereocenters. The first kappa shape index (κ1) is 7.32. The Bertz CT molecular complexity index is 107. The third-order valence-electron chi connectivity index (χ3n) is 2.33. The van der Waals surface area contributed by atoms with Gasteiger partial charge in [0.2, 0.25) is 0 Å². The molecule has 0 radical (unpaired) electrons. The molecule has 9 heavy (non-hydrogen) atoms. The SMILES string of the molecule is Cl.O[C@H]1C[C@H]2C[C@@H]1CN2. The van der Waals surface area contributed by atoms with Gasteiger partial charge in [0.25, 0.3) is 0 Å². The zero-order valence-electron chi connectivity index (χ0n) is 5.21. The van der Waals surface area contributed by atoms with Crippen LogP contribution < -0.4 is 5.32 Å². The largest absolute Gasteiger partial charge is 0.393 e. The van der Waals surface area contributed by atoms with E-state index in [0.29, 0.717) is 12.0 Å². The van der Waals surface area contributed by atoms with Crippen LogP contribution in [-0.4, -0.2) is 23.8 Å². The standard InChI is InChI=1S/C6H11NO.ClH/c8-6-2-5-1-4(6)3-7-5;/h4-8H,1-3H2;1H/t4-,5-,6+;/m1./s1. The van der Waals surface area contributed by atoms with E-state index in [1.165, 1.54) is 6.42 Å². The zero-order chi connectivity index (χ0) is 5.56. The first-order valence-electron chi connectivity index (χ1n) is 3.28. The maximum Gasteiger partial charge on any atom is 0.0595 e. The molecule has 3 atom stereocenters. The van der Waals surface area contributed by atoms with E-state index in [2.05, 4.69) is 5.32 Å². The summed E-state index contributed by atoms with van der Waals surface area (Å²) in [4.78, 5) is 0. The first-order valence-corrected chi connectivity index (χ1v) is 3.28. The fourth-order valence-corrected chi connectivity index (χ4v) is 1.81. The van der Waals surface area contributed by atoms with Crippen LogP contribution in [-0.2, 0) is 0 Å². The summed E-state index contributed by atoms with van der Waals surface area (Å²) in [6, 6.07) is 0.648. The molecule has 0 aromatic rings. The topological polar surface area (TPSA) is 32.3 Å². The molecule has 2 nitrogen and oxygen atoms in total. The quantitative estimate of drug-likeness (QED) is 0.514. The highest BCUT2D eigenvalue weighted by Gasteiger charge is 2.37. The molecule has 54 valence electrons. The van der Waals surface area contributed by atoms with Crippen LogP contribution in [0.15, 0.2) is 0 Å². The van der Waals surface area contributed by atoms with Crippen LogP contribution in [0.5, 0.6) is 0 Å². The number of rotatable bonds is 0. The van der Waals surface area contributed by atoms with E-state index in [4.69, 9.17) is 0 Å². The lowest BCUT2D eigenvalue weighted by Crippen LogP contribution is -2.32. The second-order valence-electron chi connectivity index (χ2n) is 2.90. The van der Waals surface area contributed by atoms with Gasteiger partial charge in [-0.15, -0.1) is 12.4 Å². The third kappa shape index (κ3) is 1.07. The molecule has 2 aliphatic rings. The summed E-state index contributed by atoms with van der Waals surface area (Å²) in [7, 11) is 0.